The van der Waals surface area contributed by atoms with Crippen molar-refractivity contribution >= 4 is 70.4 Å². The Morgan fingerprint density at radius 1 is 0.600 bits per heavy atom. The lowest BCUT2D eigenvalue weighted by Gasteiger charge is -2.59. The Balaban J connectivity index is 0.000000207. The van der Waals surface area contributed by atoms with Crippen LogP contribution in [-0.4, -0.2) is 76.4 Å². The quantitative estimate of drug-likeness (QED) is 0.0233. The zero-order valence-electron chi connectivity index (χ0n) is 70.4. The average Bonchev–Trinajstić information content (AvgIpc) is 1.49. The van der Waals surface area contributed by atoms with Gasteiger partial charge in [0.2, 0.25) is 11.5 Å². The fraction of sp³-hybridized carbons (Fsp3) is 0.593. The summed E-state index contributed by atoms with van der Waals surface area (Å²) in [6.07, 6.45) is 11.2. The predicted octanol–water partition coefficient (Wildman–Crippen LogP) is 23.4. The Kier molecular flexibility index (Phi) is 31.0. The molecule has 1 aliphatic heterocycles. The van der Waals surface area contributed by atoms with Gasteiger partial charge in [0.05, 0.1) is 21.7 Å². The Morgan fingerprint density at radius 3 is 1.51 bits per heavy atom. The van der Waals surface area contributed by atoms with Crippen LogP contribution in [0, 0.1) is 84.9 Å². The zero-order chi connectivity index (χ0) is 82.8. The van der Waals surface area contributed by atoms with Gasteiger partial charge in [0.1, 0.15) is 34.2 Å². The largest absolute Gasteiger partial charge is 0.743 e. The Morgan fingerprint density at radius 2 is 1.05 bits per heavy atom. The van der Waals surface area contributed by atoms with Crippen molar-refractivity contribution in [3.8, 4) is 22.1 Å². The molecule has 2 heterocycles. The number of carbonyl (C=O) groups is 5. The number of phenols is 1. The van der Waals surface area contributed by atoms with Crippen molar-refractivity contribution in [3.63, 3.8) is 0 Å². The van der Waals surface area contributed by atoms with E-state index in [0.29, 0.717) is 43.1 Å². The molecule has 5 aliphatic carbocycles. The van der Waals surface area contributed by atoms with E-state index in [-0.39, 0.29) is 56.3 Å². The number of aromatic hydroxyl groups is 1. The summed E-state index contributed by atoms with van der Waals surface area (Å²) >= 11 is 0. The smallest absolute Gasteiger partial charge is 0.369 e. The van der Waals surface area contributed by atoms with Crippen molar-refractivity contribution in [1.29, 1.82) is 0 Å². The first-order chi connectivity index (χ1) is 51.1. The molecule has 5 saturated carbocycles. The highest BCUT2D eigenvalue weighted by Gasteiger charge is 2.65. The van der Waals surface area contributed by atoms with Crippen LogP contribution in [0.4, 0.5) is 8.78 Å². The van der Waals surface area contributed by atoms with E-state index in [1.165, 1.54) is 83.0 Å². The van der Waals surface area contributed by atoms with E-state index in [2.05, 4.69) is 156 Å². The summed E-state index contributed by atoms with van der Waals surface area (Å²) in [5.74, 6) is 6.38. The molecule has 0 amide bonds. The molecule has 0 saturated heterocycles. The molecule has 19 heteroatoms. The van der Waals surface area contributed by atoms with Gasteiger partial charge in [0, 0.05) is 27.2 Å². The summed E-state index contributed by atoms with van der Waals surface area (Å²) in [4.78, 5) is 61.2. The standard InChI is InChI=1S/C21H34O2.C18H13S.C16H24O3.C15H24O.C12H18O4.C9H16F2O5S/c1-5-20(3,4)19(22)23-21(6-2)12-15-9-10-16(21)18-14-8-7-13(11-14)17(15)18;1-2-8-14(9-3-1)19-17-12-6-4-10-15(17)16-11-5-7-13-18(16)19;1-8-16(6,7)15(18)19-14-11(4)9(2)13(17)10(3)12(14)5;1-6-12(3)13-8-10-14(11-9-13)16-15(4,5)7-2;1-6-12(4,5)11(14)16-10-8(3)15-7(2)9(10)13;1-5-8(3,4)7(12)16-6(2)9(10,11)17(13,14)15/h13-18H,5-12H2,1-4H3;1-13H;17H,8H2,1-7H3;8-12H,6-7H2,1-5H3;7H,6H2,1-5H3;6H,5H2,1-4H3,(H,13,14,15)/q;+1;;;;/p-1. The van der Waals surface area contributed by atoms with Crippen LogP contribution in [0.5, 0.6) is 17.2 Å². The minimum Gasteiger partial charge on any atom is -0.743 e. The van der Waals surface area contributed by atoms with Crippen molar-refractivity contribution in [3.05, 3.63) is 142 Å². The predicted molar refractivity (Wildman–Crippen MR) is 437 cm³/mol. The zero-order valence-corrected chi connectivity index (χ0v) is 72.1. The molecule has 6 aromatic rings. The lowest BCUT2D eigenvalue weighted by atomic mass is 9.49. The minimum absolute atomic E-state index is 0.0501. The molecule has 15 nitrogen and oxygen atoms in total. The Bertz CT molecular complexity index is 4240. The van der Waals surface area contributed by atoms with Gasteiger partial charge >= 0.3 is 29.1 Å². The molecule has 0 radical (unpaired) electrons. The van der Waals surface area contributed by atoms with E-state index in [1.807, 2.05) is 69.2 Å². The molecule has 110 heavy (non-hydrogen) atoms. The summed E-state index contributed by atoms with van der Waals surface area (Å²) in [6.45, 7) is 46.4. The first kappa shape index (κ1) is 91.7. The Labute approximate surface area is 658 Å². The topological polar surface area (TPSA) is 218 Å². The normalized spacial score (nSPS) is 21.3. The monoisotopic (exact) mass is 1560 g/mol. The molecule has 12 rings (SSSR count). The third-order valence-corrected chi connectivity index (χ3v) is 28.2. The van der Waals surface area contributed by atoms with Crippen molar-refractivity contribution in [2.75, 3.05) is 0 Å². The molecule has 4 bridgehead atoms. The van der Waals surface area contributed by atoms with E-state index in [4.69, 9.17) is 23.7 Å². The molecule has 5 fully saturated rings. The van der Waals surface area contributed by atoms with E-state index in [9.17, 15) is 50.8 Å². The molecule has 10 atom stereocenters. The van der Waals surface area contributed by atoms with Crippen LogP contribution in [0.3, 0.4) is 0 Å². The average molecular weight is 1560 g/mol. The number of hydrogen-bond acceptors (Lipinski definition) is 15. The van der Waals surface area contributed by atoms with Crippen LogP contribution >= 0.6 is 10.5 Å². The first-order valence-electron chi connectivity index (χ1n) is 39.8. The maximum Gasteiger partial charge on any atom is 0.369 e. The number of halogens is 2. The maximum absolute atomic E-state index is 13.0. The van der Waals surface area contributed by atoms with Crippen molar-refractivity contribution in [2.45, 2.75) is 291 Å². The molecule has 1 N–H and O–H groups in total. The number of ketones is 1. The molecule has 10 unspecified atom stereocenters. The van der Waals surface area contributed by atoms with Gasteiger partial charge in [-0.15, -0.1) is 0 Å². The number of Topliss-reactive ketones (excluding diaryl/α,β-unsaturated/α-hetero) is 1. The lowest BCUT2D eigenvalue weighted by molar-refractivity contribution is -0.211. The number of alkyl halides is 2. The third kappa shape index (κ3) is 21.0. The highest BCUT2D eigenvalue weighted by Crippen LogP contribution is 2.68. The molecule has 6 aliphatic rings. The summed E-state index contributed by atoms with van der Waals surface area (Å²) in [5, 5.41) is 8.15. The summed E-state index contributed by atoms with van der Waals surface area (Å²) in [6, 6.07) is 36.9. The van der Waals surface area contributed by atoms with Crippen LogP contribution in [0.25, 0.3) is 25.1 Å². The molecular weight excluding hydrogens is 1440 g/mol. The number of phenolic OH excluding ortho intramolecular Hbond substituents is 1. The van der Waals surface area contributed by atoms with Gasteiger partial charge in [-0.1, -0.05) is 110 Å². The fourth-order valence-corrected chi connectivity index (χ4v) is 17.7. The highest BCUT2D eigenvalue weighted by molar-refractivity contribution is 7.86. The number of fused-ring (bicyclic) bond motifs is 7. The second-order valence-electron chi connectivity index (χ2n) is 34.1. The van der Waals surface area contributed by atoms with E-state index in [1.54, 1.807) is 34.6 Å². The van der Waals surface area contributed by atoms with Gasteiger partial charge in [-0.2, -0.15) is 8.78 Å². The van der Waals surface area contributed by atoms with Crippen molar-refractivity contribution < 1.29 is 79.3 Å². The van der Waals surface area contributed by atoms with Crippen molar-refractivity contribution in [1.82, 2.24) is 0 Å². The number of hydrogen-bond donors (Lipinski definition) is 1. The van der Waals surface area contributed by atoms with Gasteiger partial charge in [-0.25, -0.2) is 8.42 Å². The third-order valence-electron chi connectivity index (χ3n) is 24.9. The van der Waals surface area contributed by atoms with Crippen LogP contribution in [0.2, 0.25) is 0 Å². The van der Waals surface area contributed by atoms with E-state index >= 15 is 0 Å². The minimum atomic E-state index is -5.86. The van der Waals surface area contributed by atoms with E-state index < -0.39 is 55.8 Å². The van der Waals surface area contributed by atoms with Gasteiger partial charge in [0.25, 0.3) is 0 Å². The van der Waals surface area contributed by atoms with Crippen LogP contribution in [0.15, 0.2) is 115 Å². The summed E-state index contributed by atoms with van der Waals surface area (Å²) < 4.78 is 92.4. The number of ether oxygens (including phenoxy) is 6. The van der Waals surface area contributed by atoms with Crippen LogP contribution in [-0.2, 0) is 53.0 Å². The second-order valence-corrected chi connectivity index (χ2v) is 37.5. The number of allylic oxidation sites excluding steroid dienone is 1. The van der Waals surface area contributed by atoms with Crippen LogP contribution in [0.1, 0.15) is 263 Å². The molecule has 5 aromatic carbocycles. The number of carbonyl (C=O) groups excluding carboxylic acids is 5. The van der Waals surface area contributed by atoms with E-state index in [0.717, 1.165) is 89.7 Å². The SMILES string of the molecule is CCC(C)(C)C(=O)OC(C)C(F)(F)S(=O)(=O)[O-].CCC(C)(C)C(=O)OC1(CC)CC2CCC1C1C3CCC(C3)C21.CCC(C)(C)C(=O)OC1=C(C)OC(C)C1=O.CCC(C)(C)C(=O)Oc1c(C)c(C)c(O)c(C)c1C.CCC(C)c1ccc(OC(C)(C)CC)cc1.c1ccc(-[s+]2c3ccccc3c3ccccc32)cc1. The van der Waals surface area contributed by atoms with Gasteiger partial charge in [-0.05, 0) is 313 Å². The number of rotatable bonds is 21. The van der Waals surface area contributed by atoms with Crippen molar-refractivity contribution in [2.24, 2.45) is 57.2 Å². The molecule has 0 spiro atoms. The first-order valence-corrected chi connectivity index (χ1v) is 42.5. The molecular formula is C91H128F2O15S2. The van der Waals surface area contributed by atoms with Gasteiger partial charge < -0.3 is 38.1 Å². The highest BCUT2D eigenvalue weighted by atomic mass is 32.2. The number of thiophene rings is 1. The fourth-order valence-electron chi connectivity index (χ4n) is 14.9. The summed E-state index contributed by atoms with van der Waals surface area (Å²) in [7, 11) is -5.80. The van der Waals surface area contributed by atoms with Crippen LogP contribution < -0.4 is 9.47 Å². The molecule has 608 valence electrons. The Hall–Kier alpha value is -7.22. The maximum atomic E-state index is 13.0. The lowest BCUT2D eigenvalue weighted by Crippen LogP contribution is -2.59. The molecule has 1 aromatic heterocycles. The second kappa shape index (κ2) is 37.2. The number of benzene rings is 5. The van der Waals surface area contributed by atoms with Gasteiger partial charge in [-0.3, -0.25) is 24.0 Å². The summed E-state index contributed by atoms with van der Waals surface area (Å²) in [5.41, 5.74) is 1.91. The van der Waals surface area contributed by atoms with Gasteiger partial charge in [0.15, 0.2) is 36.6 Å². The number of esters is 4.